The van der Waals surface area contributed by atoms with Crippen LogP contribution in [0.2, 0.25) is 0 Å². The Morgan fingerprint density at radius 3 is 1.63 bits per heavy atom. The van der Waals surface area contributed by atoms with E-state index in [1.807, 2.05) is 53.8 Å². The van der Waals surface area contributed by atoms with Crippen LogP contribution in [0.15, 0.2) is 215 Å². The van der Waals surface area contributed by atoms with Gasteiger partial charge in [0.25, 0.3) is 0 Å². The number of thiophene rings is 1. The Labute approximate surface area is 349 Å². The summed E-state index contributed by atoms with van der Waals surface area (Å²) in [4.78, 5) is 7.15. The summed E-state index contributed by atoms with van der Waals surface area (Å²) in [6.07, 6.45) is 0. The summed E-state index contributed by atoms with van der Waals surface area (Å²) >= 11 is 1.86. The van der Waals surface area contributed by atoms with Crippen molar-refractivity contribution in [3.63, 3.8) is 0 Å². The van der Waals surface area contributed by atoms with Crippen LogP contribution in [0, 0.1) is 0 Å². The van der Waals surface area contributed by atoms with Crippen LogP contribution >= 0.6 is 11.3 Å². The van der Waals surface area contributed by atoms with Gasteiger partial charge in [-0.15, -0.1) is 11.3 Å². The molecule has 3 heterocycles. The predicted octanol–water partition coefficient (Wildman–Crippen LogP) is 16.2. The molecule has 0 N–H and O–H groups in total. The third kappa shape index (κ3) is 5.70. The van der Waals surface area contributed by atoms with Crippen molar-refractivity contribution in [3.05, 3.63) is 206 Å². The summed E-state index contributed by atoms with van der Waals surface area (Å²) in [7, 11) is 0. The molecule has 0 unspecified atom stereocenters. The van der Waals surface area contributed by atoms with Crippen LogP contribution in [0.1, 0.15) is 0 Å². The summed E-state index contributed by atoms with van der Waals surface area (Å²) in [5, 5.41) is 4.55. The van der Waals surface area contributed by atoms with E-state index < -0.39 is 0 Å². The number of aromatic nitrogens is 1. The number of hydrogen-bond acceptors (Lipinski definition) is 5. The van der Waals surface area contributed by atoms with Gasteiger partial charge in [-0.05, 0) is 94.5 Å². The monoisotopic (exact) mass is 786 g/mol. The highest BCUT2D eigenvalue weighted by molar-refractivity contribution is 7.26. The van der Waals surface area contributed by atoms with Crippen LogP contribution in [0.4, 0.5) is 17.1 Å². The molecule has 12 rings (SSSR count). The zero-order chi connectivity index (χ0) is 39.6. The maximum Gasteiger partial charge on any atom is 0.227 e. The van der Waals surface area contributed by atoms with Gasteiger partial charge in [-0.25, -0.2) is 4.98 Å². The predicted molar refractivity (Wildman–Crippen MR) is 251 cm³/mol. The summed E-state index contributed by atoms with van der Waals surface area (Å²) in [5.41, 5.74) is 14.2. The first kappa shape index (κ1) is 34.3. The molecule has 282 valence electrons. The molecule has 3 aromatic heterocycles. The molecule has 5 heteroatoms. The first-order valence-electron chi connectivity index (χ1n) is 20.1. The molecule has 0 spiro atoms. The maximum absolute atomic E-state index is 6.62. The van der Waals surface area contributed by atoms with E-state index in [1.165, 1.54) is 42.4 Å². The number of oxazole rings is 1. The molecule has 60 heavy (non-hydrogen) atoms. The Bertz CT molecular complexity index is 3510. The summed E-state index contributed by atoms with van der Waals surface area (Å²) in [6, 6.07) is 72.8. The number of para-hydroxylation sites is 1. The minimum Gasteiger partial charge on any atom is -0.455 e. The smallest absolute Gasteiger partial charge is 0.227 e. The van der Waals surface area contributed by atoms with Gasteiger partial charge in [-0.3, -0.25) is 0 Å². The molecule has 4 nitrogen and oxygen atoms in total. The molecular formula is C55H34N2O2S. The second kappa shape index (κ2) is 14.0. The molecule has 0 saturated carbocycles. The Morgan fingerprint density at radius 1 is 0.383 bits per heavy atom. The molecule has 0 fully saturated rings. The first-order valence-corrected chi connectivity index (χ1v) is 20.9. The largest absolute Gasteiger partial charge is 0.455 e. The molecule has 0 bridgehead atoms. The van der Waals surface area contributed by atoms with E-state index in [4.69, 9.17) is 13.8 Å². The van der Waals surface area contributed by atoms with Gasteiger partial charge in [-0.1, -0.05) is 140 Å². The third-order valence-electron chi connectivity index (χ3n) is 11.5. The van der Waals surface area contributed by atoms with Gasteiger partial charge in [0.1, 0.15) is 16.7 Å². The molecule has 0 radical (unpaired) electrons. The Balaban J connectivity index is 0.936. The normalized spacial score (nSPS) is 11.7. The fraction of sp³-hybridized carbons (Fsp3) is 0. The Hall–Kier alpha value is -7.73. The van der Waals surface area contributed by atoms with E-state index in [2.05, 4.69) is 169 Å². The zero-order valence-electron chi connectivity index (χ0n) is 32.2. The summed E-state index contributed by atoms with van der Waals surface area (Å²) in [6.45, 7) is 0. The van der Waals surface area contributed by atoms with E-state index in [0.717, 1.165) is 66.8 Å². The molecule has 0 atom stereocenters. The highest BCUT2D eigenvalue weighted by Gasteiger charge is 2.20. The highest BCUT2D eigenvalue weighted by atomic mass is 32.1. The van der Waals surface area contributed by atoms with Crippen LogP contribution in [0.5, 0.6) is 0 Å². The molecule has 0 saturated heterocycles. The number of benzene rings is 9. The fourth-order valence-corrected chi connectivity index (χ4v) is 9.87. The Kier molecular flexibility index (Phi) is 8.00. The van der Waals surface area contributed by atoms with E-state index in [1.54, 1.807) is 0 Å². The van der Waals surface area contributed by atoms with E-state index in [0.29, 0.717) is 5.89 Å². The number of anilines is 3. The zero-order valence-corrected chi connectivity index (χ0v) is 33.1. The lowest BCUT2D eigenvalue weighted by atomic mass is 10.0. The van der Waals surface area contributed by atoms with Gasteiger partial charge >= 0.3 is 0 Å². The van der Waals surface area contributed by atoms with E-state index in [-0.39, 0.29) is 0 Å². The van der Waals surface area contributed by atoms with Crippen molar-refractivity contribution in [1.29, 1.82) is 0 Å². The van der Waals surface area contributed by atoms with Gasteiger partial charge in [0.2, 0.25) is 5.89 Å². The van der Waals surface area contributed by atoms with Crippen LogP contribution in [-0.4, -0.2) is 4.98 Å². The van der Waals surface area contributed by atoms with Crippen molar-refractivity contribution in [2.75, 3.05) is 4.90 Å². The second-order valence-electron chi connectivity index (χ2n) is 15.1. The molecule has 0 aliphatic heterocycles. The molecule has 12 aromatic rings. The standard InChI is InChI=1S/C55H34N2O2S/c1-3-11-35(12-4-1)36-21-27-40(28-22-36)57(42-31-25-38(26-32-42)44-17-10-18-46-45-15-7-8-20-50(45)60-54(44)46)41-29-23-37(24-30-41)43-16-9-19-47-51-49(58-52(43)47)34-33-48-53(51)59-55(56-48)39-13-5-2-6-14-39/h1-34H. The first-order chi connectivity index (χ1) is 29.7. The SMILES string of the molecule is c1ccc(-c2ccc(N(c3ccc(-c4cccc5c4oc4ccc6nc(-c7ccccc7)oc6c45)cc3)c3ccc(-c4cccc5c4sc4ccccc45)cc3)cc2)cc1. The average Bonchev–Trinajstić information content (AvgIpc) is 4.04. The van der Waals surface area contributed by atoms with Crippen LogP contribution in [0.3, 0.4) is 0 Å². The van der Waals surface area contributed by atoms with Crippen molar-refractivity contribution in [2.24, 2.45) is 0 Å². The minimum absolute atomic E-state index is 0.599. The lowest BCUT2D eigenvalue weighted by Gasteiger charge is -2.26. The van der Waals surface area contributed by atoms with Gasteiger partial charge in [-0.2, -0.15) is 0 Å². The van der Waals surface area contributed by atoms with Crippen LogP contribution in [0.25, 0.3) is 98.0 Å². The highest BCUT2D eigenvalue weighted by Crippen LogP contribution is 2.44. The van der Waals surface area contributed by atoms with Gasteiger partial charge < -0.3 is 13.7 Å². The van der Waals surface area contributed by atoms with Gasteiger partial charge in [0, 0.05) is 53.7 Å². The molecule has 0 amide bonds. The minimum atomic E-state index is 0.599. The number of furan rings is 1. The van der Waals surface area contributed by atoms with E-state index >= 15 is 0 Å². The number of nitrogens with zero attached hydrogens (tertiary/aromatic N) is 2. The summed E-state index contributed by atoms with van der Waals surface area (Å²) in [5.74, 6) is 0.599. The van der Waals surface area contributed by atoms with Gasteiger partial charge in [0.05, 0.1) is 5.39 Å². The van der Waals surface area contributed by atoms with Crippen LogP contribution < -0.4 is 4.90 Å². The van der Waals surface area contributed by atoms with Crippen LogP contribution in [-0.2, 0) is 0 Å². The topological polar surface area (TPSA) is 42.4 Å². The number of fused-ring (bicyclic) bond motifs is 8. The lowest BCUT2D eigenvalue weighted by molar-refractivity contribution is 0.622. The lowest BCUT2D eigenvalue weighted by Crippen LogP contribution is -2.09. The van der Waals surface area contributed by atoms with Crippen molar-refractivity contribution < 1.29 is 8.83 Å². The fourth-order valence-electron chi connectivity index (χ4n) is 8.63. The van der Waals surface area contributed by atoms with Crippen molar-refractivity contribution >= 4 is 81.6 Å². The number of hydrogen-bond donors (Lipinski definition) is 0. The van der Waals surface area contributed by atoms with Crippen molar-refractivity contribution in [1.82, 2.24) is 4.98 Å². The summed E-state index contributed by atoms with van der Waals surface area (Å²) < 4.78 is 15.7. The van der Waals surface area contributed by atoms with E-state index in [9.17, 15) is 0 Å². The quantitative estimate of drug-likeness (QED) is 0.161. The molecule has 0 aliphatic rings. The van der Waals surface area contributed by atoms with Crippen molar-refractivity contribution in [3.8, 4) is 44.8 Å². The maximum atomic E-state index is 6.62. The molecule has 9 aromatic carbocycles. The average molecular weight is 787 g/mol. The van der Waals surface area contributed by atoms with Crippen molar-refractivity contribution in [2.45, 2.75) is 0 Å². The second-order valence-corrected chi connectivity index (χ2v) is 16.1. The van der Waals surface area contributed by atoms with Gasteiger partial charge in [0.15, 0.2) is 5.58 Å². The Morgan fingerprint density at radius 2 is 0.933 bits per heavy atom. The molecular weight excluding hydrogens is 753 g/mol. The number of rotatable bonds is 7. The third-order valence-corrected chi connectivity index (χ3v) is 12.8. The molecule has 0 aliphatic carbocycles.